The van der Waals surface area contributed by atoms with Crippen LogP contribution in [0.5, 0.6) is 0 Å². The molecule has 0 fully saturated rings. The maximum atomic E-state index is 7.70. The number of rotatable bonds is 41. The van der Waals surface area contributed by atoms with Crippen molar-refractivity contribution >= 4 is 60.9 Å². The van der Waals surface area contributed by atoms with Gasteiger partial charge in [0, 0.05) is 76.7 Å². The first-order chi connectivity index (χ1) is 66.0. The van der Waals surface area contributed by atoms with E-state index in [1.807, 2.05) is 0 Å². The molecule has 0 unspecified atom stereocenters. The van der Waals surface area contributed by atoms with Gasteiger partial charge in [0.1, 0.15) is 22.3 Å². The third-order valence-corrected chi connectivity index (χ3v) is 34.7. The van der Waals surface area contributed by atoms with Crippen LogP contribution in [0.3, 0.4) is 0 Å². The zero-order valence-corrected chi connectivity index (χ0v) is 83.7. The molecule has 0 atom stereocenters. The first-order valence-electron chi connectivity index (χ1n) is 54.0. The highest BCUT2D eigenvalue weighted by atomic mass is 16.3. The van der Waals surface area contributed by atoms with Crippen LogP contribution in [-0.4, -0.2) is 0 Å². The minimum absolute atomic E-state index is 0.0291. The molecule has 0 bridgehead atoms. The number of unbranched alkanes of at least 4 members (excludes halogenated alkanes) is 24. The number of hydrogen-bond donors (Lipinski definition) is 0. The number of hydrogen-bond acceptors (Lipinski definition) is 3. The van der Waals surface area contributed by atoms with Crippen LogP contribution >= 0.6 is 0 Å². The van der Waals surface area contributed by atoms with Crippen LogP contribution < -0.4 is 4.90 Å². The predicted molar refractivity (Wildman–Crippen MR) is 578 cm³/mol. The molecule has 0 radical (unpaired) electrons. The fraction of sp³-hybridized carbons (Fsp3) is 0.409. The highest BCUT2D eigenvalue weighted by molar-refractivity contribution is 6.21. The molecule has 2 heterocycles. The van der Waals surface area contributed by atoms with E-state index in [0.717, 1.165) is 48.0 Å². The van der Waals surface area contributed by atoms with E-state index in [1.165, 1.54) is 372 Å². The Hall–Kier alpha value is -10.7. The van der Waals surface area contributed by atoms with E-state index in [4.69, 9.17) is 8.83 Å². The molecule has 21 rings (SSSR count). The van der Waals surface area contributed by atoms with E-state index >= 15 is 0 Å². The number of benzene rings is 13. The van der Waals surface area contributed by atoms with Crippen molar-refractivity contribution in [2.75, 3.05) is 4.90 Å². The molecule has 15 aromatic rings. The van der Waals surface area contributed by atoms with E-state index in [1.54, 1.807) is 27.8 Å². The van der Waals surface area contributed by atoms with Gasteiger partial charge in [0.2, 0.25) is 0 Å². The van der Waals surface area contributed by atoms with E-state index in [0.29, 0.717) is 0 Å². The molecule has 3 heteroatoms. The minimum atomic E-state index is -0.339. The summed E-state index contributed by atoms with van der Waals surface area (Å²) in [5.74, 6) is 0. The van der Waals surface area contributed by atoms with Gasteiger partial charge in [0.15, 0.2) is 0 Å². The van der Waals surface area contributed by atoms with E-state index in [9.17, 15) is 0 Å². The van der Waals surface area contributed by atoms with E-state index in [-0.39, 0.29) is 32.5 Å². The molecule has 0 aliphatic heterocycles. The summed E-state index contributed by atoms with van der Waals surface area (Å²) in [6.45, 7) is 29.1. The summed E-state index contributed by atoms with van der Waals surface area (Å²) in [5.41, 5.74) is 46.1. The van der Waals surface area contributed by atoms with Gasteiger partial charge in [-0.15, -0.1) is 0 Å². The van der Waals surface area contributed by atoms with Crippen molar-refractivity contribution in [2.45, 2.75) is 347 Å². The first-order valence-corrected chi connectivity index (χ1v) is 54.0. The predicted octanol–water partition coefficient (Wildman–Crippen LogP) is 40.2. The van der Waals surface area contributed by atoms with Crippen LogP contribution in [0.2, 0.25) is 0 Å². The largest absolute Gasteiger partial charge is 0.456 e. The smallest absolute Gasteiger partial charge is 0.144 e. The molecular weight excluding hydrogens is 1630 g/mol. The molecule has 6 aliphatic carbocycles. The lowest BCUT2D eigenvalue weighted by molar-refractivity contribution is 0.369. The fourth-order valence-corrected chi connectivity index (χ4v) is 27.6. The Balaban J connectivity index is 0.715. The average molecular weight is 1780 g/mol. The van der Waals surface area contributed by atoms with Crippen molar-refractivity contribution in [3.63, 3.8) is 0 Å². The van der Waals surface area contributed by atoms with Gasteiger partial charge in [-0.3, -0.25) is 0 Å². The van der Waals surface area contributed by atoms with Gasteiger partial charge in [-0.1, -0.05) is 427 Å². The molecule has 692 valence electrons. The number of nitrogens with zero attached hydrogens (tertiary/aromatic N) is 1. The topological polar surface area (TPSA) is 29.5 Å². The highest BCUT2D eigenvalue weighted by Crippen LogP contribution is 2.69. The molecule has 0 saturated heterocycles. The maximum absolute atomic E-state index is 7.70. The average Bonchev–Trinajstić information content (AvgIpc) is 1.49. The number of furan rings is 2. The minimum Gasteiger partial charge on any atom is -0.456 e. The second kappa shape index (κ2) is 37.3. The van der Waals surface area contributed by atoms with Crippen LogP contribution in [0.25, 0.3) is 133 Å². The monoisotopic (exact) mass is 1780 g/mol. The second-order valence-corrected chi connectivity index (χ2v) is 44.0. The van der Waals surface area contributed by atoms with E-state index in [2.05, 4.69) is 325 Å². The van der Waals surface area contributed by atoms with Gasteiger partial charge >= 0.3 is 0 Å². The lowest BCUT2D eigenvalue weighted by Crippen LogP contribution is -2.33. The molecule has 3 nitrogen and oxygen atoms in total. The van der Waals surface area contributed by atoms with Gasteiger partial charge in [-0.2, -0.15) is 0 Å². The Morgan fingerprint density at radius 3 is 1.10 bits per heavy atom. The summed E-state index contributed by atoms with van der Waals surface area (Å²) in [4.78, 5) is 2.70. The molecule has 6 aliphatic rings. The Morgan fingerprint density at radius 1 is 0.215 bits per heavy atom. The van der Waals surface area contributed by atoms with Crippen molar-refractivity contribution in [2.24, 2.45) is 0 Å². The van der Waals surface area contributed by atoms with Crippen molar-refractivity contribution in [3.8, 4) is 89.0 Å². The second-order valence-electron chi connectivity index (χ2n) is 44.0. The zero-order valence-electron chi connectivity index (χ0n) is 83.7. The number of fused-ring (bicyclic) bond motifs is 28. The summed E-state index contributed by atoms with van der Waals surface area (Å²) in [6.07, 6.45) is 45.0. The Labute approximate surface area is 808 Å². The normalized spacial score (nSPS) is 15.5. The maximum Gasteiger partial charge on any atom is 0.144 e. The SMILES string of the molecule is CCCCCCCC1(CCCCCCC)c2ccccc2-c2ccc(-c3ccc4c(c3)C(C)(C)c3cc(-c5ccc(N(c6ccc7c(c6)C(C)(C)c6cc8c(cc6-7)C(C)(C)c6ccc7oc9ccccc9c7c6-8)c6ccc7c(c6)C(CCCCCCC)(CCCCCCC)c6c8c(c9oc%10ccccc%10c9c6-7)-c6ccccc6C8(CCCCCCC)CCCCCCC)cc5)ccc3-4)cc21. The quantitative estimate of drug-likeness (QED) is 0.0358. The Kier molecular flexibility index (Phi) is 25.1. The Morgan fingerprint density at radius 2 is 0.556 bits per heavy atom. The zero-order chi connectivity index (χ0) is 92.5. The molecule has 13 aromatic carbocycles. The van der Waals surface area contributed by atoms with Gasteiger partial charge in [-0.25, -0.2) is 0 Å². The molecule has 135 heavy (non-hydrogen) atoms. The third-order valence-electron chi connectivity index (χ3n) is 34.7. The summed E-state index contributed by atoms with van der Waals surface area (Å²) in [5, 5.41) is 5.00. The van der Waals surface area contributed by atoms with Gasteiger partial charge in [0.05, 0.1) is 0 Å². The van der Waals surface area contributed by atoms with Gasteiger partial charge in [0.25, 0.3) is 0 Å². The summed E-state index contributed by atoms with van der Waals surface area (Å²) in [7, 11) is 0. The van der Waals surface area contributed by atoms with Crippen LogP contribution in [0, 0.1) is 0 Å². The lowest BCUT2D eigenvalue weighted by Gasteiger charge is -2.40. The van der Waals surface area contributed by atoms with Crippen LogP contribution in [-0.2, 0) is 32.5 Å². The molecule has 0 N–H and O–H groups in total. The van der Waals surface area contributed by atoms with Crippen molar-refractivity contribution in [3.05, 3.63) is 303 Å². The van der Waals surface area contributed by atoms with Crippen LogP contribution in [0.15, 0.2) is 245 Å². The van der Waals surface area contributed by atoms with Crippen LogP contribution in [0.4, 0.5) is 17.1 Å². The fourth-order valence-electron chi connectivity index (χ4n) is 27.6. The standard InChI is InChI=1S/C132H147NO2/c1-13-19-25-31-45-75-130(76-46-32-26-20-14-2)106-55-41-37-51-95(106)98-70-63-91(83-114(98)130)90-62-69-97-96-68-61-89(81-109(96)128(9,10)110(97)82-90)88-59-64-92(65-60-88)133(93-66-71-99-104-86-113-105(87-112(104)129(11,12)111(99)84-93)119-108(127(113,7)8)73-74-118-120(119)102-53-39-43-57-116(102)134-118)94-67-72-101-115(85-94)132(79-49-35-29-23-17-5,80-50-36-30-24-18-6)124-121(101)122-103-54-40-44-58-117(103)135-126(122)123-100-52-38-42-56-107(100)131(125(123)124,77-47-33-27-21-15-3)78-48-34-28-22-16-4/h37-44,51-74,81-87H,13-36,45-50,75-80H2,1-12H3. The molecule has 0 spiro atoms. The van der Waals surface area contributed by atoms with Crippen molar-refractivity contribution in [1.29, 1.82) is 0 Å². The molecular formula is C132H147NO2. The lowest BCUT2D eigenvalue weighted by atomic mass is 9.62. The Bertz CT molecular complexity index is 6910. The summed E-state index contributed by atoms with van der Waals surface area (Å²) in [6, 6.07) is 95.1. The molecule has 0 amide bonds. The molecule has 0 saturated carbocycles. The first kappa shape index (κ1) is 90.7. The highest BCUT2D eigenvalue weighted by Gasteiger charge is 2.55. The number of anilines is 3. The number of para-hydroxylation sites is 2. The van der Waals surface area contributed by atoms with Gasteiger partial charge in [-0.05, 0) is 274 Å². The van der Waals surface area contributed by atoms with Crippen LogP contribution in [0.1, 0.15) is 381 Å². The van der Waals surface area contributed by atoms with Gasteiger partial charge < -0.3 is 13.7 Å². The molecule has 2 aromatic heterocycles. The van der Waals surface area contributed by atoms with Crippen molar-refractivity contribution in [1.82, 2.24) is 0 Å². The summed E-state index contributed by atoms with van der Waals surface area (Å²) < 4.78 is 14.4. The van der Waals surface area contributed by atoms with Crippen molar-refractivity contribution < 1.29 is 8.83 Å². The third kappa shape index (κ3) is 15.2. The summed E-state index contributed by atoms with van der Waals surface area (Å²) >= 11 is 0. The van der Waals surface area contributed by atoms with E-state index < -0.39 is 0 Å².